The molecule has 0 radical (unpaired) electrons. The first-order chi connectivity index (χ1) is 18.6. The molecule has 9 nitrogen and oxygen atoms in total. The molecular formula is C30H39N5O4S. The van der Waals surface area contributed by atoms with Crippen molar-refractivity contribution in [3.63, 3.8) is 0 Å². The maximum absolute atomic E-state index is 13.6. The number of benzene rings is 1. The lowest BCUT2D eigenvalue weighted by Gasteiger charge is -2.34. The molecule has 1 atom stereocenters. The summed E-state index contributed by atoms with van der Waals surface area (Å²) >= 11 is 0. The van der Waals surface area contributed by atoms with Crippen LogP contribution in [0.15, 0.2) is 59.6 Å². The number of hydrogen-bond donors (Lipinski definition) is 1. The Balaban J connectivity index is 1.65. The first-order valence-corrected chi connectivity index (χ1v) is 14.8. The summed E-state index contributed by atoms with van der Waals surface area (Å²) in [4.78, 5) is 26.7. The van der Waals surface area contributed by atoms with E-state index in [1.165, 1.54) is 6.07 Å². The van der Waals surface area contributed by atoms with E-state index in [0.29, 0.717) is 23.3 Å². The zero-order chi connectivity index (χ0) is 29.5. The number of ether oxygens (including phenoxy) is 1. The van der Waals surface area contributed by atoms with E-state index >= 15 is 0 Å². The minimum absolute atomic E-state index is 0.213. The fourth-order valence-corrected chi connectivity index (χ4v) is 6.05. The van der Waals surface area contributed by atoms with Crippen molar-refractivity contribution in [3.05, 3.63) is 65.9 Å². The van der Waals surface area contributed by atoms with Gasteiger partial charge in [-0.2, -0.15) is 8.42 Å². The number of aromatic nitrogens is 2. The second kappa shape index (κ2) is 10.7. The molecule has 214 valence electrons. The SMILES string of the molecule is COc1ccc(N(C)c2cccc(S(=O)(=O)NC(=O)c3ccc(C(C)(C)C)nc3N3CC(C)CC3(C)C)n2)cc1. The fraction of sp³-hybridized carbons (Fsp3) is 0.433. The summed E-state index contributed by atoms with van der Waals surface area (Å²) in [5, 5.41) is -0.255. The Morgan fingerprint density at radius 1 is 1.07 bits per heavy atom. The fourth-order valence-electron chi connectivity index (χ4n) is 5.12. The highest BCUT2D eigenvalue weighted by Gasteiger charge is 2.39. The van der Waals surface area contributed by atoms with Gasteiger partial charge < -0.3 is 14.5 Å². The van der Waals surface area contributed by atoms with E-state index < -0.39 is 15.9 Å². The quantitative estimate of drug-likeness (QED) is 0.412. The summed E-state index contributed by atoms with van der Waals surface area (Å²) < 4.78 is 34.2. The Morgan fingerprint density at radius 2 is 1.75 bits per heavy atom. The van der Waals surface area contributed by atoms with Crippen LogP contribution in [0.4, 0.5) is 17.3 Å². The van der Waals surface area contributed by atoms with Crippen LogP contribution in [0.1, 0.15) is 64.0 Å². The molecule has 0 bridgehead atoms. The van der Waals surface area contributed by atoms with E-state index in [9.17, 15) is 13.2 Å². The van der Waals surface area contributed by atoms with E-state index in [1.807, 2.05) is 24.3 Å². The molecule has 3 aromatic rings. The number of carbonyl (C=O) groups is 1. The second-order valence-corrected chi connectivity index (χ2v) is 13.7. The van der Waals surface area contributed by atoms with Gasteiger partial charge in [-0.1, -0.05) is 33.8 Å². The van der Waals surface area contributed by atoms with Crippen molar-refractivity contribution in [1.29, 1.82) is 0 Å². The highest BCUT2D eigenvalue weighted by molar-refractivity contribution is 7.90. The maximum Gasteiger partial charge on any atom is 0.281 e. The molecule has 1 amide bonds. The topological polar surface area (TPSA) is 105 Å². The maximum atomic E-state index is 13.6. The number of hydrogen-bond acceptors (Lipinski definition) is 8. The summed E-state index contributed by atoms with van der Waals surface area (Å²) in [7, 11) is -0.903. The number of carbonyl (C=O) groups excluding carboxylic acids is 1. The van der Waals surface area contributed by atoms with Gasteiger partial charge in [0.15, 0.2) is 5.03 Å². The number of pyridine rings is 2. The molecule has 40 heavy (non-hydrogen) atoms. The van der Waals surface area contributed by atoms with Gasteiger partial charge in [-0.3, -0.25) is 4.79 Å². The summed E-state index contributed by atoms with van der Waals surface area (Å²) in [5.41, 5.74) is 1.35. The monoisotopic (exact) mass is 565 g/mol. The van der Waals surface area contributed by atoms with Gasteiger partial charge in [-0.05, 0) is 74.7 Å². The third-order valence-electron chi connectivity index (χ3n) is 7.23. The minimum Gasteiger partial charge on any atom is -0.497 e. The van der Waals surface area contributed by atoms with Gasteiger partial charge in [-0.15, -0.1) is 0 Å². The van der Waals surface area contributed by atoms with E-state index in [0.717, 1.165) is 24.3 Å². The third-order valence-corrected chi connectivity index (χ3v) is 8.46. The Morgan fingerprint density at radius 3 is 2.33 bits per heavy atom. The average molecular weight is 566 g/mol. The van der Waals surface area contributed by atoms with E-state index in [1.54, 1.807) is 43.3 Å². The van der Waals surface area contributed by atoms with Gasteiger partial charge in [0.25, 0.3) is 15.9 Å². The van der Waals surface area contributed by atoms with Crippen LogP contribution in [0.2, 0.25) is 0 Å². The predicted molar refractivity (Wildman–Crippen MR) is 158 cm³/mol. The largest absolute Gasteiger partial charge is 0.497 e. The molecule has 0 aliphatic carbocycles. The number of nitrogens with zero attached hydrogens (tertiary/aromatic N) is 4. The van der Waals surface area contributed by atoms with Crippen LogP contribution in [0.5, 0.6) is 5.75 Å². The summed E-state index contributed by atoms with van der Waals surface area (Å²) in [6, 6.07) is 15.5. The molecular weight excluding hydrogens is 526 g/mol. The van der Waals surface area contributed by atoms with Gasteiger partial charge >= 0.3 is 0 Å². The zero-order valence-corrected chi connectivity index (χ0v) is 25.3. The molecule has 0 saturated carbocycles. The van der Waals surface area contributed by atoms with Crippen LogP contribution >= 0.6 is 0 Å². The number of sulfonamides is 1. The van der Waals surface area contributed by atoms with Gasteiger partial charge in [0.05, 0.1) is 12.7 Å². The molecule has 2 aromatic heterocycles. The van der Waals surface area contributed by atoms with Gasteiger partial charge in [0, 0.05) is 35.9 Å². The number of rotatable bonds is 7. The highest BCUT2D eigenvalue weighted by atomic mass is 32.2. The molecule has 1 aliphatic heterocycles. The van der Waals surface area contributed by atoms with E-state index in [-0.39, 0.29) is 21.5 Å². The van der Waals surface area contributed by atoms with Gasteiger partial charge in [0.1, 0.15) is 17.4 Å². The van der Waals surface area contributed by atoms with Crippen molar-refractivity contribution in [2.75, 3.05) is 30.5 Å². The third kappa shape index (κ3) is 6.06. The number of amides is 1. The molecule has 3 heterocycles. The highest BCUT2D eigenvalue weighted by Crippen LogP contribution is 2.38. The molecule has 1 aliphatic rings. The molecule has 1 fully saturated rings. The van der Waals surface area contributed by atoms with Crippen LogP contribution in [0.3, 0.4) is 0 Å². The van der Waals surface area contributed by atoms with Crippen molar-refractivity contribution in [3.8, 4) is 5.75 Å². The Kier molecular flexibility index (Phi) is 7.86. The van der Waals surface area contributed by atoms with Gasteiger partial charge in [0.2, 0.25) is 0 Å². The summed E-state index contributed by atoms with van der Waals surface area (Å²) in [5.74, 6) is 1.28. The van der Waals surface area contributed by atoms with Gasteiger partial charge in [-0.25, -0.2) is 14.7 Å². The molecule has 1 N–H and O–H groups in total. The predicted octanol–water partition coefficient (Wildman–Crippen LogP) is 5.29. The van der Waals surface area contributed by atoms with Crippen LogP contribution < -0.4 is 19.3 Å². The number of anilines is 3. The molecule has 10 heteroatoms. The number of nitrogens with one attached hydrogen (secondary N) is 1. The zero-order valence-electron chi connectivity index (χ0n) is 24.5. The summed E-state index contributed by atoms with van der Waals surface area (Å²) in [6.45, 7) is 13.3. The average Bonchev–Trinajstić information content (AvgIpc) is 3.18. The van der Waals surface area contributed by atoms with Crippen LogP contribution in [-0.4, -0.2) is 50.5 Å². The number of methoxy groups -OCH3 is 1. The van der Waals surface area contributed by atoms with Crippen molar-refractivity contribution in [2.45, 2.75) is 63.9 Å². The van der Waals surface area contributed by atoms with Crippen molar-refractivity contribution >= 4 is 33.3 Å². The Labute approximate surface area is 237 Å². The molecule has 0 spiro atoms. The Bertz CT molecular complexity index is 1500. The van der Waals surface area contributed by atoms with Crippen LogP contribution in [0.25, 0.3) is 0 Å². The van der Waals surface area contributed by atoms with E-state index in [4.69, 9.17) is 9.72 Å². The first kappa shape index (κ1) is 29.3. The first-order valence-electron chi connectivity index (χ1n) is 13.3. The van der Waals surface area contributed by atoms with Crippen molar-refractivity contribution in [1.82, 2.24) is 14.7 Å². The van der Waals surface area contributed by atoms with Crippen molar-refractivity contribution < 1.29 is 17.9 Å². The lowest BCUT2D eigenvalue weighted by Crippen LogP contribution is -2.41. The molecule has 4 rings (SSSR count). The smallest absolute Gasteiger partial charge is 0.281 e. The standard InChI is InChI=1S/C30H39N5O4S/c1-20-18-30(5,6)35(19-20)27-23(16-17-24(31-27)29(2,3)4)28(36)33-40(37,38)26-11-9-10-25(32-26)34(7)21-12-14-22(39-8)15-13-21/h9-17,20H,18-19H2,1-8H3,(H,33,36). The van der Waals surface area contributed by atoms with E-state index in [2.05, 4.69) is 56.1 Å². The summed E-state index contributed by atoms with van der Waals surface area (Å²) in [6.07, 6.45) is 0.937. The molecule has 1 saturated heterocycles. The van der Waals surface area contributed by atoms with Crippen LogP contribution in [0, 0.1) is 5.92 Å². The lowest BCUT2D eigenvalue weighted by atomic mass is 9.91. The molecule has 1 unspecified atom stereocenters. The normalized spacial score (nSPS) is 17.0. The van der Waals surface area contributed by atoms with Crippen molar-refractivity contribution in [2.24, 2.45) is 5.92 Å². The molecule has 1 aromatic carbocycles. The van der Waals surface area contributed by atoms with Crippen LogP contribution in [-0.2, 0) is 15.4 Å². The lowest BCUT2D eigenvalue weighted by molar-refractivity contribution is 0.0981. The Hall–Kier alpha value is -3.66. The second-order valence-electron chi connectivity index (χ2n) is 12.1. The minimum atomic E-state index is -4.28.